The van der Waals surface area contributed by atoms with E-state index in [0.29, 0.717) is 44.8 Å². The van der Waals surface area contributed by atoms with E-state index in [2.05, 4.69) is 22.6 Å². The second-order valence-electron chi connectivity index (χ2n) is 8.89. The summed E-state index contributed by atoms with van der Waals surface area (Å²) in [6.07, 6.45) is 4.88. The maximum atomic E-state index is 13.6. The normalized spacial score (nSPS) is 41.4. The molecule has 0 aromatic rings. The fourth-order valence-corrected chi connectivity index (χ4v) is 5.65. The Morgan fingerprint density at radius 3 is 2.45 bits per heavy atom. The van der Waals surface area contributed by atoms with Gasteiger partial charge in [-0.25, -0.2) is 9.82 Å². The quantitative estimate of drug-likeness (QED) is 0.481. The molecule has 9 heteroatoms. The number of hydrogen-bond acceptors (Lipinski definition) is 5. The summed E-state index contributed by atoms with van der Waals surface area (Å²) < 4.78 is 39.9. The van der Waals surface area contributed by atoms with Gasteiger partial charge in [0, 0.05) is 37.8 Å². The Bertz CT molecular complexity index is 601. The number of carbonyl (C=O) groups excluding carboxylic acids is 1. The van der Waals surface area contributed by atoms with Crippen LogP contribution in [0.5, 0.6) is 0 Å². The summed E-state index contributed by atoms with van der Waals surface area (Å²) in [7, 11) is 0. The molecule has 3 heterocycles. The predicted molar refractivity (Wildman–Crippen MR) is 104 cm³/mol. The van der Waals surface area contributed by atoms with Crippen LogP contribution in [0.15, 0.2) is 12.7 Å². The Hall–Kier alpha value is -1.16. The van der Waals surface area contributed by atoms with Crippen LogP contribution in [-0.2, 0) is 4.79 Å². The van der Waals surface area contributed by atoms with Crippen LogP contribution in [0.4, 0.5) is 13.2 Å². The molecule has 5 unspecified atom stereocenters. The lowest BCUT2D eigenvalue weighted by atomic mass is 9.76. The van der Waals surface area contributed by atoms with E-state index in [1.165, 1.54) is 6.08 Å². The maximum absolute atomic E-state index is 13.6. The summed E-state index contributed by atoms with van der Waals surface area (Å²) >= 11 is 0. The second kappa shape index (κ2) is 8.91. The minimum Gasteiger partial charge on any atom is -0.338 e. The zero-order valence-electron chi connectivity index (χ0n) is 16.7. The van der Waals surface area contributed by atoms with Crippen molar-refractivity contribution in [1.29, 1.82) is 0 Å². The molecular formula is C20H32F3N5O. The Morgan fingerprint density at radius 1 is 1.03 bits per heavy atom. The molecule has 0 radical (unpaired) electrons. The number of alkyl halides is 3. The largest absolute Gasteiger partial charge is 0.338 e. The molecule has 164 valence electrons. The zero-order chi connectivity index (χ0) is 20.5. The standard InChI is InChI=1S/C20H32F3N5O/c1-2-17(29)27-9-7-14-16(11-27)24-19(12-3-5-13(21)6-4-12)25-18(14)15-8-10-28(26-15)20(22)23/h2,12-16,18-20,24-26H,1,3-11H2. The van der Waals surface area contributed by atoms with Crippen LogP contribution in [0.2, 0.25) is 0 Å². The van der Waals surface area contributed by atoms with E-state index in [4.69, 9.17) is 0 Å². The molecule has 5 atom stereocenters. The number of halogens is 3. The highest BCUT2D eigenvalue weighted by molar-refractivity contribution is 5.87. The van der Waals surface area contributed by atoms with Crippen molar-refractivity contribution in [3.8, 4) is 0 Å². The van der Waals surface area contributed by atoms with Crippen LogP contribution in [-0.4, -0.2) is 72.5 Å². The third kappa shape index (κ3) is 4.47. The van der Waals surface area contributed by atoms with Crippen molar-refractivity contribution < 1.29 is 18.0 Å². The Balaban J connectivity index is 1.50. The molecule has 29 heavy (non-hydrogen) atoms. The van der Waals surface area contributed by atoms with E-state index in [9.17, 15) is 18.0 Å². The number of carbonyl (C=O) groups is 1. The lowest BCUT2D eigenvalue weighted by molar-refractivity contribution is -0.129. The first-order valence-corrected chi connectivity index (χ1v) is 10.8. The van der Waals surface area contributed by atoms with Crippen molar-refractivity contribution in [2.45, 2.75) is 75.5 Å². The van der Waals surface area contributed by atoms with Gasteiger partial charge in [-0.1, -0.05) is 6.58 Å². The van der Waals surface area contributed by atoms with E-state index in [-0.39, 0.29) is 36.1 Å². The van der Waals surface area contributed by atoms with Gasteiger partial charge in [0.05, 0.1) is 6.17 Å². The number of nitrogens with zero attached hydrogens (tertiary/aromatic N) is 2. The first kappa shape index (κ1) is 21.1. The van der Waals surface area contributed by atoms with E-state index in [1.54, 1.807) is 0 Å². The van der Waals surface area contributed by atoms with Gasteiger partial charge in [0.15, 0.2) is 0 Å². The third-order valence-electron chi connectivity index (χ3n) is 7.23. The first-order valence-electron chi connectivity index (χ1n) is 10.8. The van der Waals surface area contributed by atoms with Gasteiger partial charge in [-0.15, -0.1) is 0 Å². The van der Waals surface area contributed by atoms with Crippen molar-refractivity contribution in [3.05, 3.63) is 12.7 Å². The molecule has 0 aromatic heterocycles. The molecule has 3 aliphatic heterocycles. The van der Waals surface area contributed by atoms with Crippen LogP contribution in [0, 0.1) is 11.8 Å². The number of fused-ring (bicyclic) bond motifs is 1. The van der Waals surface area contributed by atoms with Gasteiger partial charge in [0.25, 0.3) is 0 Å². The molecule has 1 amide bonds. The van der Waals surface area contributed by atoms with E-state index < -0.39 is 12.7 Å². The molecule has 4 fully saturated rings. The number of rotatable bonds is 4. The van der Waals surface area contributed by atoms with Gasteiger partial charge in [-0.2, -0.15) is 13.8 Å². The Morgan fingerprint density at radius 2 is 1.79 bits per heavy atom. The van der Waals surface area contributed by atoms with Gasteiger partial charge in [-0.3, -0.25) is 15.4 Å². The molecule has 4 aliphatic rings. The summed E-state index contributed by atoms with van der Waals surface area (Å²) in [6.45, 7) is 2.64. The van der Waals surface area contributed by atoms with E-state index >= 15 is 0 Å². The van der Waals surface area contributed by atoms with Crippen LogP contribution < -0.4 is 16.1 Å². The highest BCUT2D eigenvalue weighted by atomic mass is 19.3. The molecule has 0 bridgehead atoms. The number of amides is 1. The molecule has 0 aromatic carbocycles. The average Bonchev–Trinajstić information content (AvgIpc) is 3.23. The molecule has 4 rings (SSSR count). The summed E-state index contributed by atoms with van der Waals surface area (Å²) in [5, 5.41) is 8.41. The van der Waals surface area contributed by atoms with Gasteiger partial charge < -0.3 is 4.90 Å². The average molecular weight is 416 g/mol. The maximum Gasteiger partial charge on any atom is 0.306 e. The van der Waals surface area contributed by atoms with Crippen molar-refractivity contribution in [3.63, 3.8) is 0 Å². The molecular weight excluding hydrogens is 383 g/mol. The minimum atomic E-state index is -2.51. The number of hydrazine groups is 1. The SMILES string of the molecule is C=CC(=O)N1CCC2C(C1)NC(C1CCC(F)CC1)NC2C1CCN(C(F)F)N1. The fourth-order valence-electron chi connectivity index (χ4n) is 5.65. The van der Waals surface area contributed by atoms with Crippen LogP contribution in [0.3, 0.4) is 0 Å². The summed E-state index contributed by atoms with van der Waals surface area (Å²) in [4.78, 5) is 13.9. The third-order valence-corrected chi connectivity index (χ3v) is 7.23. The van der Waals surface area contributed by atoms with E-state index in [0.717, 1.165) is 24.3 Å². The Kier molecular flexibility index (Phi) is 6.48. The number of hydrogen-bond donors (Lipinski definition) is 3. The lowest BCUT2D eigenvalue weighted by Gasteiger charge is -2.52. The van der Waals surface area contributed by atoms with Crippen molar-refractivity contribution in [1.82, 2.24) is 26.0 Å². The number of nitrogens with one attached hydrogen (secondary N) is 3. The number of piperidine rings is 1. The van der Waals surface area contributed by atoms with Crippen LogP contribution in [0.1, 0.15) is 38.5 Å². The van der Waals surface area contributed by atoms with Crippen LogP contribution in [0.25, 0.3) is 0 Å². The van der Waals surface area contributed by atoms with Gasteiger partial charge in [0.2, 0.25) is 5.91 Å². The Labute approximate surface area is 170 Å². The fraction of sp³-hybridized carbons (Fsp3) is 0.850. The van der Waals surface area contributed by atoms with Gasteiger partial charge in [-0.05, 0) is 56.4 Å². The van der Waals surface area contributed by atoms with Crippen molar-refractivity contribution >= 4 is 5.91 Å². The van der Waals surface area contributed by atoms with Crippen LogP contribution >= 0.6 is 0 Å². The summed E-state index contributed by atoms with van der Waals surface area (Å²) in [5.74, 6) is 0.481. The highest BCUT2D eigenvalue weighted by Crippen LogP contribution is 2.34. The first-order chi connectivity index (χ1) is 14.0. The summed E-state index contributed by atoms with van der Waals surface area (Å²) in [5.41, 5.74) is 3.01. The molecule has 1 aliphatic carbocycles. The molecule has 1 saturated carbocycles. The zero-order valence-corrected chi connectivity index (χ0v) is 16.7. The molecule has 3 saturated heterocycles. The monoisotopic (exact) mass is 415 g/mol. The predicted octanol–water partition coefficient (Wildman–Crippen LogP) is 1.61. The molecule has 6 nitrogen and oxygen atoms in total. The lowest BCUT2D eigenvalue weighted by Crippen LogP contribution is -2.73. The number of likely N-dealkylation sites (tertiary alicyclic amines) is 1. The molecule has 3 N–H and O–H groups in total. The van der Waals surface area contributed by atoms with Crippen molar-refractivity contribution in [2.24, 2.45) is 11.8 Å². The topological polar surface area (TPSA) is 59.6 Å². The smallest absolute Gasteiger partial charge is 0.306 e. The van der Waals surface area contributed by atoms with Crippen molar-refractivity contribution in [2.75, 3.05) is 19.6 Å². The van der Waals surface area contributed by atoms with E-state index in [1.807, 2.05) is 4.90 Å². The highest BCUT2D eigenvalue weighted by Gasteiger charge is 2.47. The summed E-state index contributed by atoms with van der Waals surface area (Å²) in [6, 6.07) is 0.0637. The van der Waals surface area contributed by atoms with Gasteiger partial charge in [0.1, 0.15) is 6.17 Å². The minimum absolute atomic E-state index is 0.00920. The van der Waals surface area contributed by atoms with Gasteiger partial charge >= 0.3 is 6.55 Å². The second-order valence-corrected chi connectivity index (χ2v) is 8.89. The molecule has 0 spiro atoms.